The number of benzene rings is 1. The number of Topliss-reactive ketones (excluding diaryl/α,β-unsaturated/α-hetero) is 1. The van der Waals surface area contributed by atoms with Crippen LogP contribution in [0, 0.1) is 11.3 Å². The van der Waals surface area contributed by atoms with E-state index < -0.39 is 0 Å². The molecule has 0 saturated heterocycles. The third-order valence-electron chi connectivity index (χ3n) is 3.93. The first-order chi connectivity index (χ1) is 9.78. The molecular weight excluding hydrogens is 252 g/mol. The normalized spacial score (nSPS) is 16.6. The Hall–Kier alpha value is -1.86. The number of fused-ring (bicyclic) bond motifs is 1. The number of ether oxygens (including phenoxy) is 1. The molecule has 1 aliphatic heterocycles. The van der Waals surface area contributed by atoms with Crippen molar-refractivity contribution in [3.63, 3.8) is 0 Å². The lowest BCUT2D eigenvalue weighted by molar-refractivity contribution is 0.0926. The molecule has 0 aromatic heterocycles. The van der Waals surface area contributed by atoms with Gasteiger partial charge in [-0.2, -0.15) is 5.26 Å². The smallest absolute Gasteiger partial charge is 0.176 e. The maximum atomic E-state index is 12.4. The molecule has 3 rings (SSSR count). The Labute approximate surface area is 118 Å². The summed E-state index contributed by atoms with van der Waals surface area (Å²) in [6, 6.07) is 8.37. The number of hydrogen-bond acceptors (Lipinski definition) is 4. The van der Waals surface area contributed by atoms with Gasteiger partial charge in [-0.25, -0.2) is 0 Å². The van der Waals surface area contributed by atoms with Crippen LogP contribution >= 0.6 is 0 Å². The molecule has 0 amide bonds. The summed E-state index contributed by atoms with van der Waals surface area (Å²) in [5.74, 6) is 1.05. The van der Waals surface area contributed by atoms with Crippen molar-refractivity contribution in [1.29, 1.82) is 5.26 Å². The standard InChI is InChI=1S/C16H18N2O2/c17-7-1-8-18(14-3-4-14)11-15(19)12-2-5-16-13(10-12)6-9-20-16/h2,5,10,14H,1,3-4,6,8-9,11H2. The Morgan fingerprint density at radius 2 is 2.30 bits per heavy atom. The minimum atomic E-state index is 0.143. The summed E-state index contributed by atoms with van der Waals surface area (Å²) in [6.07, 6.45) is 3.67. The minimum absolute atomic E-state index is 0.143. The van der Waals surface area contributed by atoms with Gasteiger partial charge < -0.3 is 4.74 Å². The zero-order chi connectivity index (χ0) is 13.9. The van der Waals surface area contributed by atoms with Gasteiger partial charge in [-0.15, -0.1) is 0 Å². The third kappa shape index (κ3) is 2.83. The number of hydrogen-bond donors (Lipinski definition) is 0. The fourth-order valence-electron chi connectivity index (χ4n) is 2.66. The second kappa shape index (κ2) is 5.64. The molecule has 0 N–H and O–H groups in total. The maximum Gasteiger partial charge on any atom is 0.176 e. The van der Waals surface area contributed by atoms with E-state index in [4.69, 9.17) is 10.00 Å². The summed E-state index contributed by atoms with van der Waals surface area (Å²) in [5, 5.41) is 8.70. The maximum absolute atomic E-state index is 12.4. The number of carbonyl (C=O) groups is 1. The molecule has 1 heterocycles. The van der Waals surface area contributed by atoms with Gasteiger partial charge in [0.15, 0.2) is 5.78 Å². The third-order valence-corrected chi connectivity index (χ3v) is 3.93. The lowest BCUT2D eigenvalue weighted by atomic mass is 10.0. The van der Waals surface area contributed by atoms with Crippen molar-refractivity contribution < 1.29 is 9.53 Å². The Balaban J connectivity index is 1.67. The van der Waals surface area contributed by atoms with E-state index in [0.29, 0.717) is 32.2 Å². The van der Waals surface area contributed by atoms with Gasteiger partial charge in [0, 0.05) is 31.0 Å². The summed E-state index contributed by atoms with van der Waals surface area (Å²) in [6.45, 7) is 1.83. The highest BCUT2D eigenvalue weighted by Crippen LogP contribution is 2.28. The van der Waals surface area contributed by atoms with Gasteiger partial charge in [-0.05, 0) is 36.6 Å². The van der Waals surface area contributed by atoms with E-state index in [1.54, 1.807) is 0 Å². The van der Waals surface area contributed by atoms with Crippen molar-refractivity contribution in [3.8, 4) is 11.8 Å². The fourth-order valence-corrected chi connectivity index (χ4v) is 2.66. The Bertz CT molecular complexity index is 558. The van der Waals surface area contributed by atoms with Gasteiger partial charge in [0.25, 0.3) is 0 Å². The van der Waals surface area contributed by atoms with E-state index in [1.165, 1.54) is 0 Å². The topological polar surface area (TPSA) is 53.3 Å². The molecule has 1 saturated carbocycles. The lowest BCUT2D eigenvalue weighted by Crippen LogP contribution is -2.32. The second-order valence-corrected chi connectivity index (χ2v) is 5.45. The van der Waals surface area contributed by atoms with Crippen LogP contribution in [0.1, 0.15) is 35.2 Å². The number of ketones is 1. The zero-order valence-corrected chi connectivity index (χ0v) is 11.5. The molecule has 0 unspecified atom stereocenters. The van der Waals surface area contributed by atoms with Gasteiger partial charge in [-0.3, -0.25) is 9.69 Å². The van der Waals surface area contributed by atoms with Crippen molar-refractivity contribution in [3.05, 3.63) is 29.3 Å². The molecule has 0 atom stereocenters. The molecule has 4 nitrogen and oxygen atoms in total. The largest absolute Gasteiger partial charge is 0.493 e. The zero-order valence-electron chi connectivity index (χ0n) is 11.5. The van der Waals surface area contributed by atoms with Crippen LogP contribution in [0.4, 0.5) is 0 Å². The highest BCUT2D eigenvalue weighted by Gasteiger charge is 2.30. The van der Waals surface area contributed by atoms with Crippen LogP contribution in [0.25, 0.3) is 0 Å². The van der Waals surface area contributed by atoms with Gasteiger partial charge in [0.2, 0.25) is 0 Å². The number of nitrogens with zero attached hydrogens (tertiary/aromatic N) is 2. The van der Waals surface area contributed by atoms with Crippen molar-refractivity contribution in [2.24, 2.45) is 0 Å². The van der Waals surface area contributed by atoms with Gasteiger partial charge in [0.1, 0.15) is 5.75 Å². The van der Waals surface area contributed by atoms with Crippen molar-refractivity contribution in [1.82, 2.24) is 4.90 Å². The summed E-state index contributed by atoms with van der Waals surface area (Å²) in [7, 11) is 0. The molecule has 1 fully saturated rings. The molecule has 1 aromatic rings. The molecule has 0 spiro atoms. The van der Waals surface area contributed by atoms with Crippen molar-refractivity contribution in [2.45, 2.75) is 31.7 Å². The molecule has 20 heavy (non-hydrogen) atoms. The summed E-state index contributed by atoms with van der Waals surface area (Å²) in [4.78, 5) is 14.5. The molecule has 2 aliphatic rings. The van der Waals surface area contributed by atoms with E-state index in [2.05, 4.69) is 11.0 Å². The van der Waals surface area contributed by atoms with Crippen LogP contribution in [0.15, 0.2) is 18.2 Å². The number of rotatable bonds is 6. The monoisotopic (exact) mass is 270 g/mol. The Kier molecular flexibility index (Phi) is 3.70. The molecule has 104 valence electrons. The lowest BCUT2D eigenvalue weighted by Gasteiger charge is -2.19. The average Bonchev–Trinajstić information content (AvgIpc) is 3.20. The van der Waals surface area contributed by atoms with Crippen LogP contribution in [-0.4, -0.2) is 36.4 Å². The first-order valence-corrected chi connectivity index (χ1v) is 7.18. The van der Waals surface area contributed by atoms with Crippen LogP contribution in [0.5, 0.6) is 5.75 Å². The Morgan fingerprint density at radius 1 is 1.45 bits per heavy atom. The predicted molar refractivity (Wildman–Crippen MR) is 74.8 cm³/mol. The van der Waals surface area contributed by atoms with Crippen molar-refractivity contribution >= 4 is 5.78 Å². The number of nitriles is 1. The van der Waals surface area contributed by atoms with Gasteiger partial charge >= 0.3 is 0 Å². The van der Waals surface area contributed by atoms with E-state index in [9.17, 15) is 4.79 Å². The number of carbonyl (C=O) groups excluding carboxylic acids is 1. The van der Waals surface area contributed by atoms with Crippen LogP contribution in [-0.2, 0) is 6.42 Å². The van der Waals surface area contributed by atoms with Gasteiger partial charge in [0.05, 0.1) is 19.2 Å². The van der Waals surface area contributed by atoms with Crippen LogP contribution < -0.4 is 4.74 Å². The highest BCUT2D eigenvalue weighted by atomic mass is 16.5. The predicted octanol–water partition coefficient (Wildman–Crippen LogP) is 2.18. The average molecular weight is 270 g/mol. The highest BCUT2D eigenvalue weighted by molar-refractivity contribution is 5.98. The molecule has 4 heteroatoms. The van der Waals surface area contributed by atoms with E-state index in [1.807, 2.05) is 18.2 Å². The minimum Gasteiger partial charge on any atom is -0.493 e. The molecule has 1 aromatic carbocycles. The first kappa shape index (κ1) is 13.1. The van der Waals surface area contributed by atoms with E-state index >= 15 is 0 Å². The summed E-state index contributed by atoms with van der Waals surface area (Å²) < 4.78 is 5.46. The summed E-state index contributed by atoms with van der Waals surface area (Å²) >= 11 is 0. The SMILES string of the molecule is N#CCCN(CC(=O)c1ccc2c(c1)CCO2)C1CC1. The second-order valence-electron chi connectivity index (χ2n) is 5.45. The molecule has 0 bridgehead atoms. The van der Waals surface area contributed by atoms with E-state index in [0.717, 1.165) is 36.1 Å². The quantitative estimate of drug-likeness (QED) is 0.743. The van der Waals surface area contributed by atoms with Crippen LogP contribution in [0.2, 0.25) is 0 Å². The first-order valence-electron chi connectivity index (χ1n) is 7.18. The van der Waals surface area contributed by atoms with E-state index in [-0.39, 0.29) is 5.78 Å². The Morgan fingerprint density at radius 3 is 3.05 bits per heavy atom. The van der Waals surface area contributed by atoms with Crippen LogP contribution in [0.3, 0.4) is 0 Å². The molecule has 1 aliphatic carbocycles. The fraction of sp³-hybridized carbons (Fsp3) is 0.500. The van der Waals surface area contributed by atoms with Crippen molar-refractivity contribution in [2.75, 3.05) is 19.7 Å². The summed E-state index contributed by atoms with van der Waals surface area (Å²) in [5.41, 5.74) is 1.89. The molecule has 0 radical (unpaired) electrons. The molecular formula is C16H18N2O2. The van der Waals surface area contributed by atoms with Gasteiger partial charge in [-0.1, -0.05) is 0 Å².